The van der Waals surface area contributed by atoms with Crippen molar-refractivity contribution in [2.45, 2.75) is 57.6 Å². The molecule has 1 aliphatic carbocycles. The Morgan fingerprint density at radius 1 is 1.32 bits per heavy atom. The van der Waals surface area contributed by atoms with Crippen molar-refractivity contribution >= 4 is 11.7 Å². The van der Waals surface area contributed by atoms with Crippen LogP contribution in [0.1, 0.15) is 44.3 Å². The van der Waals surface area contributed by atoms with Crippen molar-refractivity contribution in [3.8, 4) is 0 Å². The number of carbonyl (C=O) groups is 1. The van der Waals surface area contributed by atoms with E-state index in [4.69, 9.17) is 4.52 Å². The summed E-state index contributed by atoms with van der Waals surface area (Å²) >= 11 is 0. The minimum Gasteiger partial charge on any atom is -0.391 e. The first-order chi connectivity index (χ1) is 10.6. The zero-order chi connectivity index (χ0) is 15.5. The predicted octanol–water partition coefficient (Wildman–Crippen LogP) is 1.94. The lowest BCUT2D eigenvalue weighted by Gasteiger charge is -2.41. The lowest BCUT2D eigenvalue weighted by Crippen LogP contribution is -2.49. The molecule has 1 aromatic rings. The fourth-order valence-electron chi connectivity index (χ4n) is 3.66. The normalized spacial score (nSPS) is 27.7. The van der Waals surface area contributed by atoms with Crippen LogP contribution in [0.25, 0.3) is 0 Å². The summed E-state index contributed by atoms with van der Waals surface area (Å²) in [7, 11) is 0. The van der Waals surface area contributed by atoms with Crippen molar-refractivity contribution in [1.82, 2.24) is 10.1 Å². The Morgan fingerprint density at radius 3 is 2.68 bits per heavy atom. The van der Waals surface area contributed by atoms with Gasteiger partial charge in [0.25, 0.3) is 0 Å². The summed E-state index contributed by atoms with van der Waals surface area (Å²) in [4.78, 5) is 14.6. The van der Waals surface area contributed by atoms with Gasteiger partial charge in [0.05, 0.1) is 6.10 Å². The number of aliphatic hydroxyl groups excluding tert-OH is 1. The molecule has 0 aromatic carbocycles. The van der Waals surface area contributed by atoms with Crippen molar-refractivity contribution in [2.75, 3.05) is 18.4 Å². The van der Waals surface area contributed by atoms with Gasteiger partial charge >= 0.3 is 0 Å². The minimum absolute atomic E-state index is 0.0222. The molecule has 2 atom stereocenters. The van der Waals surface area contributed by atoms with Gasteiger partial charge in [-0.3, -0.25) is 9.69 Å². The van der Waals surface area contributed by atoms with Crippen LogP contribution in [0.5, 0.6) is 0 Å². The monoisotopic (exact) mass is 307 g/mol. The molecule has 2 N–H and O–H groups in total. The van der Waals surface area contributed by atoms with E-state index in [1.807, 2.05) is 0 Å². The maximum Gasteiger partial charge on any atom is 0.228 e. The Hall–Kier alpha value is -1.40. The number of carbonyl (C=O) groups excluding carboxylic acids is 1. The van der Waals surface area contributed by atoms with Crippen molar-refractivity contribution < 1.29 is 14.4 Å². The highest BCUT2D eigenvalue weighted by Crippen LogP contribution is 2.28. The third-order valence-electron chi connectivity index (χ3n) is 4.94. The number of rotatable bonds is 3. The first kappa shape index (κ1) is 15.5. The standard InChI is InChI=1S/C16H25N3O3/c1-11-10-15(18-22-11)17-16(21)12-6-8-19(9-7-12)13-4-2-3-5-14(13)20/h10,12-14,20H,2-9H2,1H3,(H,17,18,21). The molecule has 1 saturated carbocycles. The summed E-state index contributed by atoms with van der Waals surface area (Å²) < 4.78 is 4.96. The molecule has 2 fully saturated rings. The zero-order valence-electron chi connectivity index (χ0n) is 13.1. The number of nitrogens with zero attached hydrogens (tertiary/aromatic N) is 2. The van der Waals surface area contributed by atoms with Gasteiger partial charge in [0.1, 0.15) is 5.76 Å². The Kier molecular flexibility index (Phi) is 4.78. The molecule has 2 unspecified atom stereocenters. The van der Waals surface area contributed by atoms with Gasteiger partial charge in [-0.2, -0.15) is 0 Å². The molecule has 1 aromatic heterocycles. The Bertz CT molecular complexity index is 508. The van der Waals surface area contributed by atoms with Crippen LogP contribution in [0.3, 0.4) is 0 Å². The van der Waals surface area contributed by atoms with E-state index in [0.717, 1.165) is 45.2 Å². The van der Waals surface area contributed by atoms with Crippen LogP contribution in [0.2, 0.25) is 0 Å². The number of nitrogens with one attached hydrogen (secondary N) is 1. The molecule has 1 saturated heterocycles. The molecule has 2 heterocycles. The van der Waals surface area contributed by atoms with Crippen LogP contribution in [-0.4, -0.2) is 46.3 Å². The van der Waals surface area contributed by atoms with Crippen molar-refractivity contribution in [2.24, 2.45) is 5.92 Å². The van der Waals surface area contributed by atoms with E-state index >= 15 is 0 Å². The van der Waals surface area contributed by atoms with Gasteiger partial charge in [-0.15, -0.1) is 0 Å². The Morgan fingerprint density at radius 2 is 2.05 bits per heavy atom. The van der Waals surface area contributed by atoms with E-state index in [0.29, 0.717) is 11.6 Å². The summed E-state index contributed by atoms with van der Waals surface area (Å²) in [5.74, 6) is 1.23. The lowest BCUT2D eigenvalue weighted by molar-refractivity contribution is -0.121. The predicted molar refractivity (Wildman–Crippen MR) is 82.4 cm³/mol. The van der Waals surface area contributed by atoms with E-state index in [1.165, 1.54) is 6.42 Å². The van der Waals surface area contributed by atoms with Gasteiger partial charge < -0.3 is 14.9 Å². The van der Waals surface area contributed by atoms with E-state index in [1.54, 1.807) is 13.0 Å². The number of aliphatic hydroxyl groups is 1. The fraction of sp³-hybridized carbons (Fsp3) is 0.750. The number of hydrogen-bond donors (Lipinski definition) is 2. The lowest BCUT2D eigenvalue weighted by atomic mass is 9.88. The molecule has 6 nitrogen and oxygen atoms in total. The highest BCUT2D eigenvalue weighted by atomic mass is 16.5. The van der Waals surface area contributed by atoms with E-state index in [9.17, 15) is 9.90 Å². The minimum atomic E-state index is -0.197. The average Bonchev–Trinajstić information content (AvgIpc) is 2.93. The van der Waals surface area contributed by atoms with Crippen LogP contribution < -0.4 is 5.32 Å². The number of amides is 1. The van der Waals surface area contributed by atoms with Crippen LogP contribution in [-0.2, 0) is 4.79 Å². The molecular weight excluding hydrogens is 282 g/mol. The number of aryl methyl sites for hydroxylation is 1. The van der Waals surface area contributed by atoms with Crippen LogP contribution in [0, 0.1) is 12.8 Å². The molecule has 0 radical (unpaired) electrons. The van der Waals surface area contributed by atoms with Gasteiger partial charge in [-0.25, -0.2) is 0 Å². The first-order valence-electron chi connectivity index (χ1n) is 8.30. The third-order valence-corrected chi connectivity index (χ3v) is 4.94. The molecule has 0 spiro atoms. The topological polar surface area (TPSA) is 78.6 Å². The zero-order valence-corrected chi connectivity index (χ0v) is 13.1. The SMILES string of the molecule is Cc1cc(NC(=O)C2CCN(C3CCCCC3O)CC2)no1. The van der Waals surface area contributed by atoms with Gasteiger partial charge in [0.2, 0.25) is 5.91 Å². The smallest absolute Gasteiger partial charge is 0.228 e. The second kappa shape index (κ2) is 6.79. The van der Waals surface area contributed by atoms with E-state index < -0.39 is 0 Å². The van der Waals surface area contributed by atoms with Crippen molar-refractivity contribution in [3.05, 3.63) is 11.8 Å². The van der Waals surface area contributed by atoms with Crippen LogP contribution >= 0.6 is 0 Å². The average molecular weight is 307 g/mol. The third kappa shape index (κ3) is 3.50. The largest absolute Gasteiger partial charge is 0.391 e. The number of likely N-dealkylation sites (tertiary alicyclic amines) is 1. The molecule has 2 aliphatic rings. The van der Waals surface area contributed by atoms with Gasteiger partial charge in [-0.1, -0.05) is 18.0 Å². The Balaban J connectivity index is 1.49. The molecule has 6 heteroatoms. The molecule has 122 valence electrons. The number of anilines is 1. The fourth-order valence-corrected chi connectivity index (χ4v) is 3.66. The van der Waals surface area contributed by atoms with Gasteiger partial charge in [0.15, 0.2) is 5.82 Å². The Labute approximate surface area is 130 Å². The number of piperidine rings is 1. The van der Waals surface area contributed by atoms with Crippen LogP contribution in [0.15, 0.2) is 10.6 Å². The maximum atomic E-state index is 12.3. The molecule has 22 heavy (non-hydrogen) atoms. The summed E-state index contributed by atoms with van der Waals surface area (Å²) in [5, 5.41) is 16.8. The van der Waals surface area contributed by atoms with Crippen LogP contribution in [0.4, 0.5) is 5.82 Å². The maximum absolute atomic E-state index is 12.3. The number of hydrogen-bond acceptors (Lipinski definition) is 5. The summed E-state index contributed by atoms with van der Waals surface area (Å²) in [6, 6.07) is 2.02. The molecule has 1 amide bonds. The second-order valence-electron chi connectivity index (χ2n) is 6.54. The van der Waals surface area contributed by atoms with Gasteiger partial charge in [0, 0.05) is 18.0 Å². The number of aromatic nitrogens is 1. The molecular formula is C16H25N3O3. The highest BCUT2D eigenvalue weighted by Gasteiger charge is 2.33. The molecule has 3 rings (SSSR count). The molecule has 0 bridgehead atoms. The summed E-state index contributed by atoms with van der Waals surface area (Å²) in [5.41, 5.74) is 0. The summed E-state index contributed by atoms with van der Waals surface area (Å²) in [6.45, 7) is 3.58. The quantitative estimate of drug-likeness (QED) is 0.892. The summed E-state index contributed by atoms with van der Waals surface area (Å²) in [6.07, 6.45) is 5.81. The van der Waals surface area contributed by atoms with E-state index in [2.05, 4.69) is 15.4 Å². The van der Waals surface area contributed by atoms with E-state index in [-0.39, 0.29) is 24.0 Å². The molecule has 1 aliphatic heterocycles. The second-order valence-corrected chi connectivity index (χ2v) is 6.54. The van der Waals surface area contributed by atoms with Crippen molar-refractivity contribution in [3.63, 3.8) is 0 Å². The first-order valence-corrected chi connectivity index (χ1v) is 8.30. The van der Waals surface area contributed by atoms with Crippen molar-refractivity contribution in [1.29, 1.82) is 0 Å². The highest BCUT2D eigenvalue weighted by molar-refractivity contribution is 5.91. The van der Waals surface area contributed by atoms with Gasteiger partial charge in [-0.05, 0) is 45.7 Å².